The third-order valence-corrected chi connectivity index (χ3v) is 6.16. The van der Waals surface area contributed by atoms with Crippen LogP contribution in [0.4, 0.5) is 0 Å². The molecule has 2 unspecified atom stereocenters. The lowest BCUT2D eigenvalue weighted by atomic mass is 9.93. The smallest absolute Gasteiger partial charge is 0.271 e. The summed E-state index contributed by atoms with van der Waals surface area (Å²) in [4.78, 5) is 15.2. The van der Waals surface area contributed by atoms with Crippen molar-refractivity contribution in [2.45, 2.75) is 64.5 Å². The molecule has 2 saturated heterocycles. The zero-order valence-electron chi connectivity index (χ0n) is 16.4. The van der Waals surface area contributed by atoms with Gasteiger partial charge in [0.1, 0.15) is 5.69 Å². The van der Waals surface area contributed by atoms with E-state index in [4.69, 9.17) is 0 Å². The molecule has 2 N–H and O–H groups in total. The van der Waals surface area contributed by atoms with Crippen LogP contribution in [0, 0.1) is 5.92 Å². The van der Waals surface area contributed by atoms with Crippen LogP contribution in [0.1, 0.15) is 68.9 Å². The summed E-state index contributed by atoms with van der Waals surface area (Å²) in [6.07, 6.45) is 9.13. The lowest BCUT2D eigenvalue weighted by molar-refractivity contribution is 0.0911. The van der Waals surface area contributed by atoms with Gasteiger partial charge in [-0.1, -0.05) is 26.7 Å². The molecule has 0 spiro atoms. The van der Waals surface area contributed by atoms with Gasteiger partial charge in [0.05, 0.1) is 6.04 Å². The van der Waals surface area contributed by atoms with Crippen molar-refractivity contribution >= 4 is 5.91 Å². The standard InChI is InChI=1S/C20H35N5O/c1-3-16(4-2)19(24-11-5-6-12-24)15-22-20(26)18-9-13-25(23-18)17-8-7-10-21-14-17/h9,13,16-17,19,21H,3-8,10-12,14-15H2,1-2H3,(H,22,26). The number of carbonyl (C=O) groups is 1. The van der Waals surface area contributed by atoms with E-state index in [1.807, 2.05) is 16.9 Å². The maximum atomic E-state index is 12.6. The first kappa shape index (κ1) is 19.4. The molecule has 0 saturated carbocycles. The summed E-state index contributed by atoms with van der Waals surface area (Å²) < 4.78 is 1.96. The van der Waals surface area contributed by atoms with Crippen LogP contribution in [-0.4, -0.2) is 59.4 Å². The molecule has 146 valence electrons. The van der Waals surface area contributed by atoms with Gasteiger partial charge in [-0.2, -0.15) is 5.10 Å². The van der Waals surface area contributed by atoms with Crippen LogP contribution in [0.3, 0.4) is 0 Å². The number of nitrogens with one attached hydrogen (secondary N) is 2. The second-order valence-electron chi connectivity index (χ2n) is 7.78. The van der Waals surface area contributed by atoms with Crippen molar-refractivity contribution in [2.24, 2.45) is 5.92 Å². The molecule has 0 aromatic carbocycles. The predicted octanol–water partition coefficient (Wildman–Crippen LogP) is 2.44. The Balaban J connectivity index is 1.58. The summed E-state index contributed by atoms with van der Waals surface area (Å²) in [5.74, 6) is 0.599. The Hall–Kier alpha value is -1.40. The van der Waals surface area contributed by atoms with Gasteiger partial charge in [-0.25, -0.2) is 0 Å². The number of likely N-dealkylation sites (tertiary alicyclic amines) is 1. The minimum absolute atomic E-state index is 0.0392. The summed E-state index contributed by atoms with van der Waals surface area (Å²) in [6.45, 7) is 9.61. The summed E-state index contributed by atoms with van der Waals surface area (Å²) in [6, 6.07) is 2.67. The van der Waals surface area contributed by atoms with Crippen molar-refractivity contribution in [3.63, 3.8) is 0 Å². The van der Waals surface area contributed by atoms with Crippen molar-refractivity contribution in [2.75, 3.05) is 32.7 Å². The molecular formula is C20H35N5O. The van der Waals surface area contributed by atoms with Gasteiger partial charge in [0.15, 0.2) is 0 Å². The predicted molar refractivity (Wildman–Crippen MR) is 104 cm³/mol. The van der Waals surface area contributed by atoms with Crippen LogP contribution in [-0.2, 0) is 0 Å². The van der Waals surface area contributed by atoms with Crippen LogP contribution in [0.5, 0.6) is 0 Å². The lowest BCUT2D eigenvalue weighted by Gasteiger charge is -2.33. The molecule has 6 heteroatoms. The zero-order chi connectivity index (χ0) is 18.4. The van der Waals surface area contributed by atoms with Gasteiger partial charge < -0.3 is 10.6 Å². The molecule has 1 aromatic heterocycles. The first-order valence-corrected chi connectivity index (χ1v) is 10.5. The maximum Gasteiger partial charge on any atom is 0.271 e. The third kappa shape index (κ3) is 4.65. The molecule has 0 radical (unpaired) electrons. The van der Waals surface area contributed by atoms with E-state index in [1.54, 1.807) is 0 Å². The molecule has 1 aromatic rings. The Labute approximate surface area is 157 Å². The zero-order valence-corrected chi connectivity index (χ0v) is 16.4. The average molecular weight is 362 g/mol. The second-order valence-corrected chi connectivity index (χ2v) is 7.78. The molecule has 6 nitrogen and oxygen atoms in total. The van der Waals surface area contributed by atoms with E-state index in [9.17, 15) is 4.79 Å². The van der Waals surface area contributed by atoms with E-state index >= 15 is 0 Å². The van der Waals surface area contributed by atoms with Crippen molar-refractivity contribution < 1.29 is 4.79 Å². The lowest BCUT2D eigenvalue weighted by Crippen LogP contribution is -2.47. The number of hydrogen-bond donors (Lipinski definition) is 2. The van der Waals surface area contributed by atoms with E-state index in [2.05, 4.69) is 34.5 Å². The highest BCUT2D eigenvalue weighted by Crippen LogP contribution is 2.22. The molecule has 26 heavy (non-hydrogen) atoms. The first-order valence-electron chi connectivity index (χ1n) is 10.5. The van der Waals surface area contributed by atoms with E-state index in [1.165, 1.54) is 32.4 Å². The van der Waals surface area contributed by atoms with Crippen LogP contribution in [0.25, 0.3) is 0 Å². The Morgan fingerprint density at radius 2 is 2.08 bits per heavy atom. The highest BCUT2D eigenvalue weighted by Gasteiger charge is 2.28. The number of amides is 1. The van der Waals surface area contributed by atoms with Gasteiger partial charge in [-0.3, -0.25) is 14.4 Å². The molecule has 2 aliphatic rings. The van der Waals surface area contributed by atoms with Gasteiger partial charge in [0.25, 0.3) is 5.91 Å². The molecule has 3 rings (SSSR count). The fourth-order valence-electron chi connectivity index (χ4n) is 4.51. The summed E-state index contributed by atoms with van der Waals surface area (Å²) >= 11 is 0. The van der Waals surface area contributed by atoms with Gasteiger partial charge >= 0.3 is 0 Å². The fraction of sp³-hybridized carbons (Fsp3) is 0.800. The highest BCUT2D eigenvalue weighted by molar-refractivity contribution is 5.92. The number of carbonyl (C=O) groups excluding carboxylic acids is 1. The topological polar surface area (TPSA) is 62.2 Å². The highest BCUT2D eigenvalue weighted by atomic mass is 16.1. The number of nitrogens with zero attached hydrogens (tertiary/aromatic N) is 3. The van der Waals surface area contributed by atoms with Crippen molar-refractivity contribution in [1.82, 2.24) is 25.3 Å². The molecule has 1 amide bonds. The SMILES string of the molecule is CCC(CC)C(CNC(=O)c1ccn(C2CCCNC2)n1)N1CCCC1. The van der Waals surface area contributed by atoms with E-state index < -0.39 is 0 Å². The van der Waals surface area contributed by atoms with Gasteiger partial charge in [0.2, 0.25) is 0 Å². The van der Waals surface area contributed by atoms with Crippen LogP contribution >= 0.6 is 0 Å². The van der Waals surface area contributed by atoms with Crippen molar-refractivity contribution in [3.05, 3.63) is 18.0 Å². The molecule has 2 aliphatic heterocycles. The third-order valence-electron chi connectivity index (χ3n) is 6.16. The van der Waals surface area contributed by atoms with Crippen molar-refractivity contribution in [1.29, 1.82) is 0 Å². The molecule has 2 atom stereocenters. The Kier molecular flexibility index (Phi) is 7.08. The van der Waals surface area contributed by atoms with Crippen molar-refractivity contribution in [3.8, 4) is 0 Å². The number of piperidine rings is 1. The fourth-order valence-corrected chi connectivity index (χ4v) is 4.51. The number of hydrogen-bond acceptors (Lipinski definition) is 4. The molecule has 2 fully saturated rings. The monoisotopic (exact) mass is 361 g/mol. The number of rotatable bonds is 8. The van der Waals surface area contributed by atoms with E-state index in [0.717, 1.165) is 38.9 Å². The number of aromatic nitrogens is 2. The summed E-state index contributed by atoms with van der Waals surface area (Å²) in [5.41, 5.74) is 0.542. The first-order chi connectivity index (χ1) is 12.7. The maximum absolute atomic E-state index is 12.6. The van der Waals surface area contributed by atoms with E-state index in [-0.39, 0.29) is 5.91 Å². The molecule has 0 bridgehead atoms. The normalized spacial score (nSPS) is 22.7. The van der Waals surface area contributed by atoms with Crippen LogP contribution < -0.4 is 10.6 Å². The Morgan fingerprint density at radius 3 is 2.73 bits per heavy atom. The van der Waals surface area contributed by atoms with Crippen LogP contribution in [0.15, 0.2) is 12.3 Å². The van der Waals surface area contributed by atoms with Crippen LogP contribution in [0.2, 0.25) is 0 Å². The Bertz CT molecular complexity index is 554. The minimum atomic E-state index is -0.0392. The van der Waals surface area contributed by atoms with Gasteiger partial charge in [-0.05, 0) is 57.3 Å². The van der Waals surface area contributed by atoms with Gasteiger partial charge in [0, 0.05) is 25.3 Å². The second kappa shape index (κ2) is 9.51. The summed E-state index contributed by atoms with van der Waals surface area (Å²) in [5, 5.41) is 11.1. The van der Waals surface area contributed by atoms with E-state index in [0.29, 0.717) is 23.7 Å². The molecular weight excluding hydrogens is 326 g/mol. The minimum Gasteiger partial charge on any atom is -0.349 e. The average Bonchev–Trinajstić information content (AvgIpc) is 3.37. The summed E-state index contributed by atoms with van der Waals surface area (Å²) in [7, 11) is 0. The molecule has 3 heterocycles. The quantitative estimate of drug-likeness (QED) is 0.747. The largest absolute Gasteiger partial charge is 0.349 e. The molecule has 0 aliphatic carbocycles. The Morgan fingerprint density at radius 1 is 1.31 bits per heavy atom. The van der Waals surface area contributed by atoms with Gasteiger partial charge in [-0.15, -0.1) is 0 Å².